The molecule has 0 amide bonds. The highest BCUT2D eigenvalue weighted by Gasteiger charge is 2.29. The first-order valence-corrected chi connectivity index (χ1v) is 4.05. The van der Waals surface area contributed by atoms with Crippen LogP contribution < -0.4 is 0 Å². The molecule has 0 radical (unpaired) electrons. The molecule has 0 aromatic carbocycles. The molecule has 0 aliphatic heterocycles. The third kappa shape index (κ3) is 1.96. The third-order valence-electron chi connectivity index (χ3n) is 2.38. The maximum absolute atomic E-state index is 9.20. The van der Waals surface area contributed by atoms with Gasteiger partial charge in [0.25, 0.3) is 0 Å². The largest absolute Gasteiger partial charge is 0.366 e. The van der Waals surface area contributed by atoms with Crippen molar-refractivity contribution in [3.05, 3.63) is 0 Å². The summed E-state index contributed by atoms with van der Waals surface area (Å²) >= 11 is 0. The monoisotopic (exact) mass is 144 g/mol. The molecule has 10 heavy (non-hydrogen) atoms. The van der Waals surface area contributed by atoms with Gasteiger partial charge in [0, 0.05) is 5.92 Å². The van der Waals surface area contributed by atoms with Gasteiger partial charge in [0.2, 0.25) is 0 Å². The zero-order valence-electron chi connectivity index (χ0n) is 6.51. The molecule has 0 aromatic heterocycles. The fourth-order valence-corrected chi connectivity index (χ4v) is 1.65. The normalized spacial score (nSPS) is 23.1. The lowest BCUT2D eigenvalue weighted by Crippen LogP contribution is -2.35. The molecule has 1 saturated carbocycles. The Balaban J connectivity index is 2.39. The van der Waals surface area contributed by atoms with Gasteiger partial charge >= 0.3 is 0 Å². The molecule has 0 atom stereocenters. The minimum absolute atomic E-state index is 0.112. The summed E-state index contributed by atoms with van der Waals surface area (Å²) in [5.74, 6) is -1.32. The second-order valence-corrected chi connectivity index (χ2v) is 3.43. The van der Waals surface area contributed by atoms with Crippen LogP contribution in [0.1, 0.15) is 39.0 Å². The Hall–Kier alpha value is -0.0800. The van der Waals surface area contributed by atoms with Gasteiger partial charge in [-0.3, -0.25) is 0 Å². The minimum atomic E-state index is -1.43. The predicted octanol–water partition coefficient (Wildman–Crippen LogP) is 1.27. The number of rotatable bonds is 1. The van der Waals surface area contributed by atoms with Crippen LogP contribution in [0.2, 0.25) is 0 Å². The summed E-state index contributed by atoms with van der Waals surface area (Å²) in [4.78, 5) is 0. The van der Waals surface area contributed by atoms with Crippen molar-refractivity contribution in [2.24, 2.45) is 5.92 Å². The van der Waals surface area contributed by atoms with Crippen molar-refractivity contribution in [3.63, 3.8) is 0 Å². The molecule has 0 bridgehead atoms. The summed E-state index contributed by atoms with van der Waals surface area (Å²) < 4.78 is 0. The third-order valence-corrected chi connectivity index (χ3v) is 2.38. The molecule has 0 spiro atoms. The van der Waals surface area contributed by atoms with Crippen LogP contribution in [-0.4, -0.2) is 16.0 Å². The first kappa shape index (κ1) is 8.02. The maximum Gasteiger partial charge on any atom is 0.162 e. The van der Waals surface area contributed by atoms with E-state index in [1.54, 1.807) is 0 Å². The van der Waals surface area contributed by atoms with E-state index < -0.39 is 5.79 Å². The van der Waals surface area contributed by atoms with Crippen LogP contribution in [0.15, 0.2) is 0 Å². The molecule has 60 valence electrons. The highest BCUT2D eigenvalue weighted by molar-refractivity contribution is 4.74. The van der Waals surface area contributed by atoms with E-state index in [2.05, 4.69) is 0 Å². The fourth-order valence-electron chi connectivity index (χ4n) is 1.65. The second-order valence-electron chi connectivity index (χ2n) is 3.43. The molecule has 0 aromatic rings. The maximum atomic E-state index is 9.20. The van der Waals surface area contributed by atoms with E-state index in [-0.39, 0.29) is 5.92 Å². The number of hydrogen-bond acceptors (Lipinski definition) is 2. The fraction of sp³-hybridized carbons (Fsp3) is 1.00. The Kier molecular flexibility index (Phi) is 2.32. The lowest BCUT2D eigenvalue weighted by Gasteiger charge is -2.30. The van der Waals surface area contributed by atoms with E-state index in [1.807, 2.05) is 0 Å². The summed E-state index contributed by atoms with van der Waals surface area (Å²) in [6.45, 7) is 1.49. The molecule has 1 rings (SSSR count). The van der Waals surface area contributed by atoms with Crippen LogP contribution >= 0.6 is 0 Å². The Morgan fingerprint density at radius 2 is 1.60 bits per heavy atom. The van der Waals surface area contributed by atoms with Crippen molar-refractivity contribution < 1.29 is 10.2 Å². The Morgan fingerprint density at radius 1 is 1.10 bits per heavy atom. The van der Waals surface area contributed by atoms with Gasteiger partial charge in [-0.2, -0.15) is 0 Å². The van der Waals surface area contributed by atoms with Crippen LogP contribution in [0.4, 0.5) is 0 Å². The lowest BCUT2D eigenvalue weighted by molar-refractivity contribution is -0.191. The van der Waals surface area contributed by atoms with E-state index in [0.717, 1.165) is 25.7 Å². The molecule has 0 unspecified atom stereocenters. The van der Waals surface area contributed by atoms with Crippen molar-refractivity contribution in [2.75, 3.05) is 0 Å². The summed E-state index contributed by atoms with van der Waals surface area (Å²) in [5.41, 5.74) is 0. The Labute approximate surface area is 61.9 Å². The first-order chi connectivity index (χ1) is 4.61. The van der Waals surface area contributed by atoms with Gasteiger partial charge in [-0.05, 0) is 19.8 Å². The zero-order chi connectivity index (χ0) is 7.61. The summed E-state index contributed by atoms with van der Waals surface area (Å²) in [6, 6.07) is 0. The van der Waals surface area contributed by atoms with Crippen LogP contribution in [0.25, 0.3) is 0 Å². The molecule has 1 aliphatic rings. The van der Waals surface area contributed by atoms with Crippen LogP contribution in [-0.2, 0) is 0 Å². The SMILES string of the molecule is CC(O)(O)C1CCCCC1. The topological polar surface area (TPSA) is 40.5 Å². The molecule has 1 fully saturated rings. The molecule has 2 nitrogen and oxygen atoms in total. The summed E-state index contributed by atoms with van der Waals surface area (Å²) in [6.07, 6.45) is 5.52. The van der Waals surface area contributed by atoms with Gasteiger partial charge in [-0.25, -0.2) is 0 Å². The zero-order valence-corrected chi connectivity index (χ0v) is 6.51. The molecule has 2 N–H and O–H groups in total. The average molecular weight is 144 g/mol. The van der Waals surface area contributed by atoms with Gasteiger partial charge in [0.1, 0.15) is 0 Å². The first-order valence-electron chi connectivity index (χ1n) is 4.05. The van der Waals surface area contributed by atoms with Crippen molar-refractivity contribution in [1.82, 2.24) is 0 Å². The molecular formula is C8H16O2. The van der Waals surface area contributed by atoms with E-state index >= 15 is 0 Å². The Morgan fingerprint density at radius 3 is 1.90 bits per heavy atom. The standard InChI is InChI=1S/C8H16O2/c1-8(9,10)7-5-3-2-4-6-7/h7,9-10H,2-6H2,1H3. The van der Waals surface area contributed by atoms with Gasteiger partial charge in [0.15, 0.2) is 5.79 Å². The molecule has 0 saturated heterocycles. The van der Waals surface area contributed by atoms with E-state index in [0.29, 0.717) is 0 Å². The van der Waals surface area contributed by atoms with Crippen LogP contribution in [0.3, 0.4) is 0 Å². The van der Waals surface area contributed by atoms with Gasteiger partial charge in [-0.1, -0.05) is 19.3 Å². The molecule has 1 aliphatic carbocycles. The van der Waals surface area contributed by atoms with Crippen LogP contribution in [0.5, 0.6) is 0 Å². The van der Waals surface area contributed by atoms with Crippen molar-refractivity contribution in [2.45, 2.75) is 44.8 Å². The summed E-state index contributed by atoms with van der Waals surface area (Å²) in [5, 5.41) is 18.4. The molecule has 0 heterocycles. The highest BCUT2D eigenvalue weighted by atomic mass is 16.5. The highest BCUT2D eigenvalue weighted by Crippen LogP contribution is 2.30. The molecule has 2 heteroatoms. The van der Waals surface area contributed by atoms with Gasteiger partial charge in [0.05, 0.1) is 0 Å². The van der Waals surface area contributed by atoms with Crippen LogP contribution in [0, 0.1) is 5.92 Å². The smallest absolute Gasteiger partial charge is 0.162 e. The van der Waals surface area contributed by atoms with Crippen molar-refractivity contribution >= 4 is 0 Å². The lowest BCUT2D eigenvalue weighted by atomic mass is 9.84. The van der Waals surface area contributed by atoms with Crippen molar-refractivity contribution in [3.8, 4) is 0 Å². The number of aliphatic hydroxyl groups is 2. The van der Waals surface area contributed by atoms with Gasteiger partial charge in [-0.15, -0.1) is 0 Å². The van der Waals surface area contributed by atoms with Gasteiger partial charge < -0.3 is 10.2 Å². The number of hydrogen-bond donors (Lipinski definition) is 2. The second kappa shape index (κ2) is 2.89. The summed E-state index contributed by atoms with van der Waals surface area (Å²) in [7, 11) is 0. The van der Waals surface area contributed by atoms with Crippen molar-refractivity contribution in [1.29, 1.82) is 0 Å². The molecular weight excluding hydrogens is 128 g/mol. The van der Waals surface area contributed by atoms with E-state index in [1.165, 1.54) is 13.3 Å². The minimum Gasteiger partial charge on any atom is -0.366 e. The van der Waals surface area contributed by atoms with E-state index in [4.69, 9.17) is 0 Å². The predicted molar refractivity (Wildman–Crippen MR) is 39.4 cm³/mol. The Bertz CT molecular complexity index is 98.3. The quantitative estimate of drug-likeness (QED) is 0.544. The average Bonchev–Trinajstić information content (AvgIpc) is 1.88. The van der Waals surface area contributed by atoms with E-state index in [9.17, 15) is 10.2 Å².